The number of benzene rings is 1. The molecule has 1 aliphatic rings. The van der Waals surface area contributed by atoms with Crippen molar-refractivity contribution >= 4 is 29.4 Å². The third-order valence-electron chi connectivity index (χ3n) is 6.72. The maximum Gasteiger partial charge on any atom is 0.407 e. The topological polar surface area (TPSA) is 109 Å². The van der Waals surface area contributed by atoms with Gasteiger partial charge in [0.05, 0.1) is 5.92 Å². The van der Waals surface area contributed by atoms with Gasteiger partial charge in [-0.05, 0) is 81.7 Å². The smallest absolute Gasteiger partial charge is 0.407 e. The van der Waals surface area contributed by atoms with Crippen LogP contribution in [0.3, 0.4) is 0 Å². The summed E-state index contributed by atoms with van der Waals surface area (Å²) in [6.07, 6.45) is 4.43. The van der Waals surface area contributed by atoms with Crippen LogP contribution in [0, 0.1) is 5.92 Å². The average molecular weight is 531 g/mol. The molecule has 0 aliphatic heterocycles. The summed E-state index contributed by atoms with van der Waals surface area (Å²) in [4.78, 5) is 33.6. The molecule has 0 bridgehead atoms. The number of aryl methyl sites for hydroxylation is 1. The summed E-state index contributed by atoms with van der Waals surface area (Å²) in [5, 5.41) is 10.6. The first kappa shape index (κ1) is 28.7. The Morgan fingerprint density at radius 3 is 2.57 bits per heavy atom. The van der Waals surface area contributed by atoms with E-state index in [-0.39, 0.29) is 18.5 Å². The first-order valence-electron chi connectivity index (χ1n) is 12.8. The number of ether oxygens (including phenoxy) is 1. The first-order chi connectivity index (χ1) is 17.5. The molecule has 1 heterocycles. The van der Waals surface area contributed by atoms with Gasteiger partial charge in [-0.15, -0.1) is 0 Å². The summed E-state index contributed by atoms with van der Waals surface area (Å²) in [6, 6.07) is 9.68. The van der Waals surface area contributed by atoms with Crippen molar-refractivity contribution in [3.8, 4) is 0 Å². The number of anilines is 1. The molecule has 37 heavy (non-hydrogen) atoms. The largest absolute Gasteiger partial charge is 0.465 e. The highest BCUT2D eigenvalue weighted by molar-refractivity contribution is 6.31. The molecule has 8 nitrogen and oxygen atoms in total. The first-order valence-corrected chi connectivity index (χ1v) is 13.2. The van der Waals surface area contributed by atoms with Crippen LogP contribution < -0.4 is 5.73 Å². The van der Waals surface area contributed by atoms with Crippen molar-refractivity contribution in [1.29, 1.82) is 0 Å². The lowest BCUT2D eigenvalue weighted by Crippen LogP contribution is -2.51. The van der Waals surface area contributed by atoms with Crippen LogP contribution >= 0.6 is 11.6 Å². The van der Waals surface area contributed by atoms with Crippen molar-refractivity contribution in [3.63, 3.8) is 0 Å². The molecule has 1 saturated carbocycles. The molecule has 0 spiro atoms. The molecule has 202 valence electrons. The van der Waals surface area contributed by atoms with Crippen LogP contribution in [0.4, 0.5) is 10.6 Å². The lowest BCUT2D eigenvalue weighted by Gasteiger charge is -2.37. The van der Waals surface area contributed by atoms with Gasteiger partial charge < -0.3 is 25.4 Å². The molecule has 0 radical (unpaired) electrons. The molecule has 2 aromatic rings. The average Bonchev–Trinajstić information content (AvgIpc) is 3.67. The second-order valence-corrected chi connectivity index (χ2v) is 11.1. The summed E-state index contributed by atoms with van der Waals surface area (Å²) in [7, 11) is 1.69. The number of carboxylic acid groups (broad SMARTS) is 1. The van der Waals surface area contributed by atoms with E-state index < -0.39 is 17.6 Å². The number of halogens is 1. The van der Waals surface area contributed by atoms with Crippen molar-refractivity contribution in [1.82, 2.24) is 14.8 Å². The Labute approximate surface area is 224 Å². The number of rotatable bonds is 12. The molecule has 1 aromatic heterocycles. The van der Waals surface area contributed by atoms with E-state index in [1.165, 1.54) is 4.90 Å². The normalized spacial score (nSPS) is 14.3. The van der Waals surface area contributed by atoms with Gasteiger partial charge in [-0.2, -0.15) is 0 Å². The molecule has 1 fully saturated rings. The number of carbonyl (C=O) groups excluding carboxylic acids is 1. The van der Waals surface area contributed by atoms with E-state index in [0.29, 0.717) is 30.4 Å². The van der Waals surface area contributed by atoms with Crippen molar-refractivity contribution in [3.05, 3.63) is 58.2 Å². The molecule has 3 N–H and O–H groups in total. The molecule has 1 unspecified atom stereocenters. The van der Waals surface area contributed by atoms with Crippen LogP contribution in [0.2, 0.25) is 5.02 Å². The Hall–Kier alpha value is -2.84. The fourth-order valence-corrected chi connectivity index (χ4v) is 4.67. The standard InChI is InChI=1S/C28H39ClN4O4/c1-28(2,3)33(27(35)36)18-22(16-20-8-5-13-31-25(20)30)26(34)32(23-10-11-23)17-21-15-19(7-6-14-37-4)9-12-24(21)29/h5,8-9,12-13,15,22-23H,6-7,10-11,14,16-18H2,1-4H3,(H2,30,31)(H,35,36). The predicted molar refractivity (Wildman–Crippen MR) is 146 cm³/mol. The number of hydrogen-bond acceptors (Lipinski definition) is 5. The second kappa shape index (κ2) is 12.6. The highest BCUT2D eigenvalue weighted by Crippen LogP contribution is 2.33. The summed E-state index contributed by atoms with van der Waals surface area (Å²) in [5.41, 5.74) is 8.20. The zero-order valence-electron chi connectivity index (χ0n) is 22.2. The number of aromatic nitrogens is 1. The fourth-order valence-electron chi connectivity index (χ4n) is 4.49. The SMILES string of the molecule is COCCCc1ccc(Cl)c(CN(C(=O)C(Cc2cccnc2N)CN(C(=O)O)C(C)(C)C)C2CC2)c1. The van der Waals surface area contributed by atoms with E-state index in [2.05, 4.69) is 11.1 Å². The molecule has 1 aromatic carbocycles. The monoisotopic (exact) mass is 530 g/mol. The van der Waals surface area contributed by atoms with E-state index in [1.807, 2.05) is 43.9 Å². The van der Waals surface area contributed by atoms with Gasteiger partial charge >= 0.3 is 6.09 Å². The van der Waals surface area contributed by atoms with Crippen LogP contribution in [0.1, 0.15) is 56.7 Å². The van der Waals surface area contributed by atoms with E-state index in [9.17, 15) is 14.7 Å². The van der Waals surface area contributed by atoms with Crippen molar-refractivity contribution in [2.75, 3.05) is 26.0 Å². The Bertz CT molecular complexity index is 1080. The summed E-state index contributed by atoms with van der Waals surface area (Å²) >= 11 is 6.57. The van der Waals surface area contributed by atoms with Gasteiger partial charge in [0.1, 0.15) is 5.82 Å². The minimum absolute atomic E-state index is 0.0556. The molecule has 9 heteroatoms. The van der Waals surface area contributed by atoms with Crippen molar-refractivity contribution in [2.45, 2.75) is 71.0 Å². The minimum Gasteiger partial charge on any atom is -0.465 e. The summed E-state index contributed by atoms with van der Waals surface area (Å²) in [6.45, 7) is 6.59. The zero-order valence-corrected chi connectivity index (χ0v) is 23.0. The quantitative estimate of drug-likeness (QED) is 0.373. The van der Waals surface area contributed by atoms with Crippen molar-refractivity contribution in [2.24, 2.45) is 5.92 Å². The predicted octanol–water partition coefficient (Wildman–Crippen LogP) is 5.02. The van der Waals surface area contributed by atoms with Gasteiger partial charge in [0, 0.05) is 49.6 Å². The highest BCUT2D eigenvalue weighted by atomic mass is 35.5. The molecule has 0 saturated heterocycles. The number of nitrogen functional groups attached to an aromatic ring is 1. The number of methoxy groups -OCH3 is 1. The number of nitrogens with two attached hydrogens (primary N) is 1. The molecular formula is C28H39ClN4O4. The fraction of sp³-hybridized carbons (Fsp3) is 0.536. The molecule has 1 atom stereocenters. The van der Waals surface area contributed by atoms with Gasteiger partial charge in [-0.3, -0.25) is 4.79 Å². The van der Waals surface area contributed by atoms with Crippen LogP contribution in [0.5, 0.6) is 0 Å². The maximum atomic E-state index is 14.1. The Balaban J connectivity index is 1.90. The highest BCUT2D eigenvalue weighted by Gasteiger charge is 2.39. The van der Waals surface area contributed by atoms with E-state index in [0.717, 1.165) is 42.4 Å². The molecule has 1 aliphatic carbocycles. The number of pyridine rings is 1. The Kier molecular flexibility index (Phi) is 9.79. The van der Waals surface area contributed by atoms with Gasteiger partial charge in [-0.25, -0.2) is 9.78 Å². The van der Waals surface area contributed by atoms with E-state index >= 15 is 0 Å². The van der Waals surface area contributed by atoms with Crippen molar-refractivity contribution < 1.29 is 19.4 Å². The number of hydrogen-bond donors (Lipinski definition) is 2. The number of nitrogens with zero attached hydrogens (tertiary/aromatic N) is 3. The lowest BCUT2D eigenvalue weighted by atomic mass is 9.94. The third-order valence-corrected chi connectivity index (χ3v) is 7.09. The second-order valence-electron chi connectivity index (χ2n) is 10.7. The van der Waals surface area contributed by atoms with Gasteiger partial charge in [0.2, 0.25) is 5.91 Å². The zero-order chi connectivity index (χ0) is 27.2. The van der Waals surface area contributed by atoms with Crippen LogP contribution in [0.25, 0.3) is 0 Å². The van der Waals surface area contributed by atoms with Gasteiger partial charge in [-0.1, -0.05) is 29.8 Å². The van der Waals surface area contributed by atoms with Gasteiger partial charge in [0.25, 0.3) is 0 Å². The van der Waals surface area contributed by atoms with E-state index in [1.54, 1.807) is 19.4 Å². The lowest BCUT2D eigenvalue weighted by molar-refractivity contribution is -0.137. The summed E-state index contributed by atoms with van der Waals surface area (Å²) < 4.78 is 5.17. The number of amides is 2. The molecular weight excluding hydrogens is 492 g/mol. The third kappa shape index (κ3) is 8.07. The van der Waals surface area contributed by atoms with E-state index in [4.69, 9.17) is 22.1 Å². The number of carbonyl (C=O) groups is 2. The molecule has 2 amide bonds. The maximum absolute atomic E-state index is 14.1. The Morgan fingerprint density at radius 1 is 1.24 bits per heavy atom. The summed E-state index contributed by atoms with van der Waals surface area (Å²) in [5.74, 6) is -0.365. The van der Waals surface area contributed by atoms with Crippen LogP contribution in [-0.2, 0) is 28.9 Å². The van der Waals surface area contributed by atoms with Crippen LogP contribution in [-0.4, -0.2) is 63.7 Å². The van der Waals surface area contributed by atoms with Gasteiger partial charge in [0.15, 0.2) is 0 Å². The van der Waals surface area contributed by atoms with Crippen LogP contribution in [0.15, 0.2) is 36.5 Å². The molecule has 3 rings (SSSR count). The minimum atomic E-state index is -1.06. The Morgan fingerprint density at radius 2 is 1.97 bits per heavy atom.